The number of nitrogen functional groups attached to an aromatic ring is 1. The average Bonchev–Trinajstić information content (AvgIpc) is 3.15. The van der Waals surface area contributed by atoms with E-state index < -0.39 is 0 Å². The summed E-state index contributed by atoms with van der Waals surface area (Å²) in [6.07, 6.45) is 5.84. The lowest BCUT2D eigenvalue weighted by molar-refractivity contribution is 0.229. The second-order valence-electron chi connectivity index (χ2n) is 7.55. The van der Waals surface area contributed by atoms with Crippen LogP contribution < -0.4 is 16.4 Å². The Morgan fingerprint density at radius 3 is 2.82 bits per heavy atom. The standard InChI is InChI=1S/C22H30N6/c1-24-21-18(7-8-26-22(21)23)20-14-17-13-16(5-6-19(17)27-20)15-25-9-12-28-10-3-2-4-11-28/h5-8,13-14,24-25,27H,2-4,9-12,15H2,1H3,(H2,23,26). The lowest BCUT2D eigenvalue weighted by Crippen LogP contribution is -2.35. The summed E-state index contributed by atoms with van der Waals surface area (Å²) in [5.41, 5.74) is 11.4. The minimum atomic E-state index is 0.511. The van der Waals surface area contributed by atoms with Crippen LogP contribution in [0.25, 0.3) is 22.2 Å². The molecule has 0 radical (unpaired) electrons. The van der Waals surface area contributed by atoms with Gasteiger partial charge in [0.25, 0.3) is 0 Å². The summed E-state index contributed by atoms with van der Waals surface area (Å²) in [6.45, 7) is 5.60. The molecule has 0 saturated carbocycles. The van der Waals surface area contributed by atoms with Gasteiger partial charge in [-0.3, -0.25) is 0 Å². The first kappa shape index (κ1) is 18.8. The fourth-order valence-electron chi connectivity index (χ4n) is 4.06. The molecule has 3 aromatic rings. The van der Waals surface area contributed by atoms with Gasteiger partial charge in [-0.25, -0.2) is 4.98 Å². The summed E-state index contributed by atoms with van der Waals surface area (Å²) in [5.74, 6) is 0.511. The molecule has 6 heteroatoms. The maximum Gasteiger partial charge on any atom is 0.147 e. The molecule has 0 atom stereocenters. The number of benzene rings is 1. The SMILES string of the molecule is CNc1c(-c2cc3cc(CNCCN4CCCCC4)ccc3[nH]2)ccnc1N. The highest BCUT2D eigenvalue weighted by molar-refractivity contribution is 5.91. The van der Waals surface area contributed by atoms with Crippen LogP contribution in [0, 0.1) is 0 Å². The molecular formula is C22H30N6. The molecule has 6 nitrogen and oxygen atoms in total. The van der Waals surface area contributed by atoms with E-state index in [0.29, 0.717) is 5.82 Å². The fourth-order valence-corrected chi connectivity index (χ4v) is 4.06. The highest BCUT2D eigenvalue weighted by Gasteiger charge is 2.11. The summed E-state index contributed by atoms with van der Waals surface area (Å²) in [6, 6.07) is 10.8. The van der Waals surface area contributed by atoms with Crippen LogP contribution in [-0.2, 0) is 6.54 Å². The second kappa shape index (κ2) is 8.63. The van der Waals surface area contributed by atoms with Gasteiger partial charge in [-0.2, -0.15) is 0 Å². The van der Waals surface area contributed by atoms with Crippen LogP contribution in [0.2, 0.25) is 0 Å². The maximum absolute atomic E-state index is 6.01. The Bertz CT molecular complexity index is 926. The van der Waals surface area contributed by atoms with Gasteiger partial charge in [-0.05, 0) is 55.8 Å². The van der Waals surface area contributed by atoms with E-state index >= 15 is 0 Å². The summed E-state index contributed by atoms with van der Waals surface area (Å²) in [4.78, 5) is 10.2. The number of nitrogens with one attached hydrogen (secondary N) is 3. The monoisotopic (exact) mass is 378 g/mol. The average molecular weight is 379 g/mol. The Morgan fingerprint density at radius 1 is 1.14 bits per heavy atom. The lowest BCUT2D eigenvalue weighted by Gasteiger charge is -2.26. The predicted molar refractivity (Wildman–Crippen MR) is 117 cm³/mol. The molecule has 0 spiro atoms. The van der Waals surface area contributed by atoms with Crippen molar-refractivity contribution in [2.75, 3.05) is 44.3 Å². The van der Waals surface area contributed by atoms with Crippen molar-refractivity contribution in [3.63, 3.8) is 0 Å². The van der Waals surface area contributed by atoms with Crippen LogP contribution in [0.5, 0.6) is 0 Å². The number of hydrogen-bond acceptors (Lipinski definition) is 5. The van der Waals surface area contributed by atoms with E-state index in [-0.39, 0.29) is 0 Å². The molecule has 1 fully saturated rings. The van der Waals surface area contributed by atoms with Gasteiger partial charge in [-0.15, -0.1) is 0 Å². The van der Waals surface area contributed by atoms with Gasteiger partial charge in [-0.1, -0.05) is 12.5 Å². The summed E-state index contributed by atoms with van der Waals surface area (Å²) >= 11 is 0. The van der Waals surface area contributed by atoms with E-state index in [9.17, 15) is 0 Å². The highest BCUT2D eigenvalue weighted by Crippen LogP contribution is 2.32. The number of likely N-dealkylation sites (tertiary alicyclic amines) is 1. The Kier molecular flexibility index (Phi) is 5.78. The third-order valence-corrected chi connectivity index (χ3v) is 5.59. The quantitative estimate of drug-likeness (QED) is 0.474. The molecule has 0 aliphatic carbocycles. The second-order valence-corrected chi connectivity index (χ2v) is 7.55. The van der Waals surface area contributed by atoms with Crippen LogP contribution in [0.1, 0.15) is 24.8 Å². The first-order chi connectivity index (χ1) is 13.7. The number of nitrogens with two attached hydrogens (primary N) is 1. The first-order valence-corrected chi connectivity index (χ1v) is 10.2. The number of hydrogen-bond donors (Lipinski definition) is 4. The molecule has 0 bridgehead atoms. The van der Waals surface area contributed by atoms with Crippen molar-refractivity contribution < 1.29 is 0 Å². The number of aromatic amines is 1. The summed E-state index contributed by atoms with van der Waals surface area (Å²) < 4.78 is 0. The fraction of sp³-hybridized carbons (Fsp3) is 0.409. The van der Waals surface area contributed by atoms with Crippen molar-refractivity contribution in [3.05, 3.63) is 42.1 Å². The molecule has 28 heavy (non-hydrogen) atoms. The van der Waals surface area contributed by atoms with E-state index in [4.69, 9.17) is 5.73 Å². The normalized spacial score (nSPS) is 15.2. The zero-order valence-corrected chi connectivity index (χ0v) is 16.6. The van der Waals surface area contributed by atoms with Crippen LogP contribution in [0.3, 0.4) is 0 Å². The molecule has 5 N–H and O–H groups in total. The maximum atomic E-state index is 6.01. The third-order valence-electron chi connectivity index (χ3n) is 5.59. The number of nitrogens with zero attached hydrogens (tertiary/aromatic N) is 2. The van der Waals surface area contributed by atoms with Crippen LogP contribution in [0.4, 0.5) is 11.5 Å². The van der Waals surface area contributed by atoms with Crippen molar-refractivity contribution in [2.45, 2.75) is 25.8 Å². The Hall–Kier alpha value is -2.57. The van der Waals surface area contributed by atoms with E-state index in [1.807, 2.05) is 13.1 Å². The van der Waals surface area contributed by atoms with Gasteiger partial charge >= 0.3 is 0 Å². The number of rotatable bonds is 7. The number of pyridine rings is 1. The zero-order valence-electron chi connectivity index (χ0n) is 16.6. The topological polar surface area (TPSA) is 82.0 Å². The first-order valence-electron chi connectivity index (χ1n) is 10.2. The van der Waals surface area contributed by atoms with E-state index in [0.717, 1.165) is 42.1 Å². The summed E-state index contributed by atoms with van der Waals surface area (Å²) in [7, 11) is 1.87. The molecule has 0 unspecified atom stereocenters. The van der Waals surface area contributed by atoms with Crippen molar-refractivity contribution in [3.8, 4) is 11.3 Å². The number of anilines is 2. The largest absolute Gasteiger partial charge is 0.385 e. The van der Waals surface area contributed by atoms with Crippen molar-refractivity contribution in [1.29, 1.82) is 0 Å². The van der Waals surface area contributed by atoms with Gasteiger partial charge in [0.1, 0.15) is 5.82 Å². The minimum absolute atomic E-state index is 0.511. The lowest BCUT2D eigenvalue weighted by atomic mass is 10.1. The number of fused-ring (bicyclic) bond motifs is 1. The summed E-state index contributed by atoms with van der Waals surface area (Å²) in [5, 5.41) is 7.96. The van der Waals surface area contributed by atoms with Gasteiger partial charge in [0.05, 0.1) is 5.69 Å². The van der Waals surface area contributed by atoms with Crippen LogP contribution >= 0.6 is 0 Å². The Labute approximate surface area is 166 Å². The van der Waals surface area contributed by atoms with Crippen LogP contribution in [-0.4, -0.2) is 48.1 Å². The molecule has 3 heterocycles. The molecule has 0 amide bonds. The van der Waals surface area contributed by atoms with Crippen molar-refractivity contribution >= 4 is 22.4 Å². The van der Waals surface area contributed by atoms with Gasteiger partial charge in [0.15, 0.2) is 0 Å². The number of aromatic nitrogens is 2. The predicted octanol–water partition coefficient (Wildman–Crippen LogP) is 3.43. The number of piperidine rings is 1. The molecule has 4 rings (SSSR count). The molecule has 2 aromatic heterocycles. The van der Waals surface area contributed by atoms with E-state index in [1.54, 1.807) is 6.20 Å². The van der Waals surface area contributed by atoms with Crippen molar-refractivity contribution in [2.24, 2.45) is 0 Å². The van der Waals surface area contributed by atoms with E-state index in [1.165, 1.54) is 43.3 Å². The molecule has 1 aliphatic heterocycles. The smallest absolute Gasteiger partial charge is 0.147 e. The Balaban J connectivity index is 1.43. The third kappa shape index (κ3) is 4.13. The van der Waals surface area contributed by atoms with Crippen molar-refractivity contribution in [1.82, 2.24) is 20.2 Å². The van der Waals surface area contributed by atoms with Gasteiger partial charge in [0.2, 0.25) is 0 Å². The van der Waals surface area contributed by atoms with E-state index in [2.05, 4.69) is 49.8 Å². The molecule has 1 aromatic carbocycles. The minimum Gasteiger partial charge on any atom is -0.385 e. The van der Waals surface area contributed by atoms with Gasteiger partial charge < -0.3 is 26.3 Å². The molecule has 148 valence electrons. The highest BCUT2D eigenvalue weighted by atomic mass is 15.1. The Morgan fingerprint density at radius 2 is 2.00 bits per heavy atom. The molecule has 1 saturated heterocycles. The molecular weight excluding hydrogens is 348 g/mol. The van der Waals surface area contributed by atoms with Crippen LogP contribution in [0.15, 0.2) is 36.5 Å². The number of H-pyrrole nitrogens is 1. The molecule has 1 aliphatic rings. The van der Waals surface area contributed by atoms with Gasteiger partial charge in [0, 0.05) is 55.0 Å². The zero-order chi connectivity index (χ0) is 19.3.